The second-order valence-corrected chi connectivity index (χ2v) is 17.0. The number of thiazole rings is 1. The van der Waals surface area contributed by atoms with Crippen molar-refractivity contribution in [2.24, 2.45) is 17.8 Å². The summed E-state index contributed by atoms with van der Waals surface area (Å²) in [5.74, 6) is -2.11. The lowest BCUT2D eigenvalue weighted by molar-refractivity contribution is -0.150. The molecule has 4 rings (SSSR count). The summed E-state index contributed by atoms with van der Waals surface area (Å²) in [6.45, 7) is 11.1. The van der Waals surface area contributed by atoms with Gasteiger partial charge in [0.1, 0.15) is 22.3 Å². The first-order chi connectivity index (χ1) is 26.1. The highest BCUT2D eigenvalue weighted by Gasteiger charge is 2.50. The number of esters is 2. The Kier molecular flexibility index (Phi) is 15.8. The Labute approximate surface area is 331 Å². The van der Waals surface area contributed by atoms with E-state index in [9.17, 15) is 24.0 Å². The van der Waals surface area contributed by atoms with Gasteiger partial charge in [-0.05, 0) is 75.8 Å². The molecule has 0 saturated carbocycles. The third kappa shape index (κ3) is 10.9. The van der Waals surface area contributed by atoms with Crippen LogP contribution in [-0.2, 0) is 35.1 Å². The highest BCUT2D eigenvalue weighted by atomic mass is 32.1. The first kappa shape index (κ1) is 43.9. The quantitative estimate of drug-likeness (QED) is 0.171. The maximum absolute atomic E-state index is 14.5. The van der Waals surface area contributed by atoms with Crippen molar-refractivity contribution in [3.63, 3.8) is 0 Å². The van der Waals surface area contributed by atoms with Gasteiger partial charge in [0.05, 0.1) is 13.0 Å². The van der Waals surface area contributed by atoms with Crippen LogP contribution < -0.4 is 10.6 Å². The molecule has 6 atom stereocenters. The largest absolute Gasteiger partial charge is 0.469 e. The van der Waals surface area contributed by atoms with Crippen molar-refractivity contribution in [3.8, 4) is 0 Å². The van der Waals surface area contributed by atoms with E-state index in [0.29, 0.717) is 30.3 Å². The molecular weight excluding hydrogens is 719 g/mol. The molecule has 1 aromatic carbocycles. The zero-order chi connectivity index (χ0) is 40.4. The van der Waals surface area contributed by atoms with E-state index in [2.05, 4.69) is 27.6 Å². The predicted molar refractivity (Wildman–Crippen MR) is 213 cm³/mol. The van der Waals surface area contributed by atoms with Crippen LogP contribution >= 0.6 is 11.3 Å². The average molecular weight is 782 g/mol. The number of nitrogens with zero attached hydrogens (tertiary/aromatic N) is 3. The Bertz CT molecular complexity index is 1610. The molecule has 2 saturated heterocycles. The molecule has 2 aromatic rings. The number of carbonyl (C=O) groups excluding carboxylic acids is 5. The first-order valence-corrected chi connectivity index (χ1v) is 20.9. The number of benzene rings is 1. The topological polar surface area (TPSA) is 147 Å². The van der Waals surface area contributed by atoms with Gasteiger partial charge in [0, 0.05) is 43.9 Å². The minimum absolute atomic E-state index is 0.0410. The van der Waals surface area contributed by atoms with Crippen LogP contribution in [0.4, 0.5) is 0 Å². The van der Waals surface area contributed by atoms with Crippen LogP contribution in [0.1, 0.15) is 126 Å². The van der Waals surface area contributed by atoms with Gasteiger partial charge in [0.25, 0.3) is 5.91 Å². The van der Waals surface area contributed by atoms with E-state index in [1.54, 1.807) is 24.3 Å². The normalized spacial score (nSPS) is 21.7. The van der Waals surface area contributed by atoms with Crippen molar-refractivity contribution in [1.29, 1.82) is 0 Å². The number of hydrogen-bond acceptors (Lipinski definition) is 10. The lowest BCUT2D eigenvalue weighted by Crippen LogP contribution is -2.67. The summed E-state index contributed by atoms with van der Waals surface area (Å²) in [6.07, 6.45) is 6.77. The summed E-state index contributed by atoms with van der Waals surface area (Å²) in [5, 5.41) is 8.37. The second-order valence-electron chi connectivity index (χ2n) is 16.1. The Balaban J connectivity index is 1.53. The molecule has 0 spiro atoms. The summed E-state index contributed by atoms with van der Waals surface area (Å²) in [7, 11) is 5.16. The van der Waals surface area contributed by atoms with Gasteiger partial charge < -0.3 is 25.0 Å². The molecule has 0 unspecified atom stereocenters. The molecule has 2 aliphatic rings. The van der Waals surface area contributed by atoms with Gasteiger partial charge in [0.15, 0.2) is 6.10 Å². The number of fused-ring (bicyclic) bond motifs is 2. The number of carbonyl (C=O) groups is 5. The number of hydrogen-bond donors (Lipinski definition) is 2. The lowest BCUT2D eigenvalue weighted by Gasteiger charge is -2.52. The van der Waals surface area contributed by atoms with Crippen LogP contribution in [0, 0.1) is 17.8 Å². The fraction of sp³-hybridized carbons (Fsp3) is 0.667. The Morgan fingerprint density at radius 2 is 1.67 bits per heavy atom. The summed E-state index contributed by atoms with van der Waals surface area (Å²) in [4.78, 5) is 75.6. The maximum Gasteiger partial charge on any atom is 0.308 e. The number of piperidine rings is 2. The number of methoxy groups -OCH3 is 1. The summed E-state index contributed by atoms with van der Waals surface area (Å²) in [5.41, 5.74) is 0.582. The summed E-state index contributed by atoms with van der Waals surface area (Å²) < 4.78 is 10.8. The Morgan fingerprint density at radius 1 is 1.02 bits per heavy atom. The van der Waals surface area contributed by atoms with E-state index in [0.717, 1.165) is 44.1 Å². The van der Waals surface area contributed by atoms with Crippen molar-refractivity contribution in [1.82, 2.24) is 25.4 Å². The van der Waals surface area contributed by atoms with Crippen LogP contribution in [0.25, 0.3) is 0 Å². The molecule has 304 valence electrons. The molecule has 3 amide bonds. The number of nitrogens with one attached hydrogen (secondary N) is 2. The molecule has 0 aliphatic carbocycles. The lowest BCUT2D eigenvalue weighted by atomic mass is 9.73. The van der Waals surface area contributed by atoms with Gasteiger partial charge in [-0.3, -0.25) is 28.9 Å². The third-order valence-electron chi connectivity index (χ3n) is 12.0. The zero-order valence-corrected chi connectivity index (χ0v) is 35.1. The molecule has 12 nitrogen and oxygen atoms in total. The molecule has 1 aromatic heterocycles. The van der Waals surface area contributed by atoms with Gasteiger partial charge in [-0.15, -0.1) is 11.3 Å². The fourth-order valence-corrected chi connectivity index (χ4v) is 9.30. The van der Waals surface area contributed by atoms with E-state index in [4.69, 9.17) is 9.47 Å². The highest BCUT2D eigenvalue weighted by molar-refractivity contribution is 7.09. The minimum Gasteiger partial charge on any atom is -0.469 e. The summed E-state index contributed by atoms with van der Waals surface area (Å²) >= 11 is 1.21. The van der Waals surface area contributed by atoms with Crippen LogP contribution in [0.15, 0.2) is 35.7 Å². The highest BCUT2D eigenvalue weighted by Crippen LogP contribution is 2.41. The SMILES string of the molecule is CC[C@H](C)[C@H](NC(=O)C12CCCC(CCC1)N2C)C(=O)N(C)[C@H](C[C@@H](OC(C)=O)c1nc(C(=O)N[C@@H](Cc2ccccc2)C[C@H](C)C(=O)OC)cs1)C(C)C. The van der Waals surface area contributed by atoms with Crippen LogP contribution in [-0.4, -0.2) is 95.4 Å². The Hall–Kier alpha value is -3.84. The van der Waals surface area contributed by atoms with Gasteiger partial charge >= 0.3 is 11.9 Å². The van der Waals surface area contributed by atoms with E-state index in [1.807, 2.05) is 58.0 Å². The van der Waals surface area contributed by atoms with Crippen molar-refractivity contribution >= 4 is 41.0 Å². The maximum atomic E-state index is 14.5. The molecule has 2 fully saturated rings. The molecule has 55 heavy (non-hydrogen) atoms. The second kappa shape index (κ2) is 19.8. The number of ether oxygens (including phenoxy) is 2. The molecule has 2 aliphatic heterocycles. The minimum atomic E-state index is -0.822. The molecular formula is C42H63N5O7S. The number of amides is 3. The van der Waals surface area contributed by atoms with Crippen molar-refractivity contribution in [2.75, 3.05) is 21.2 Å². The summed E-state index contributed by atoms with van der Waals surface area (Å²) in [6, 6.07) is 8.63. The van der Waals surface area contributed by atoms with Crippen LogP contribution in [0.5, 0.6) is 0 Å². The van der Waals surface area contributed by atoms with Gasteiger partial charge in [-0.2, -0.15) is 0 Å². The van der Waals surface area contributed by atoms with Crippen molar-refractivity contribution in [3.05, 3.63) is 52.0 Å². The number of rotatable bonds is 18. The molecule has 3 heterocycles. The van der Waals surface area contributed by atoms with E-state index in [-0.39, 0.29) is 53.8 Å². The Morgan fingerprint density at radius 3 is 2.25 bits per heavy atom. The van der Waals surface area contributed by atoms with E-state index < -0.39 is 35.5 Å². The van der Waals surface area contributed by atoms with Gasteiger partial charge in [0.2, 0.25) is 11.8 Å². The first-order valence-electron chi connectivity index (χ1n) is 20.0. The van der Waals surface area contributed by atoms with E-state index in [1.165, 1.54) is 25.4 Å². The standard InChI is InChI=1S/C42H63N5O7S/c1-10-27(4)36(45-41(52)42-20-14-18-32(47(42)8)19-15-21-42)39(50)46(7)34(26(2)3)24-35(54-29(6)48)38-44-33(25-55-38)37(49)43-31(22-28(5)40(51)53-9)23-30-16-12-11-13-17-30/h11-13,16-17,25-28,31-32,34-36H,10,14-15,18-24H2,1-9H3,(H,43,49)(H,45,52)/t27-,28-,31+,32?,34+,35+,36-,42?/m0/s1. The van der Waals surface area contributed by atoms with Crippen LogP contribution in [0.3, 0.4) is 0 Å². The molecule has 2 bridgehead atoms. The van der Waals surface area contributed by atoms with Crippen molar-refractivity contribution in [2.45, 2.75) is 142 Å². The zero-order valence-electron chi connectivity index (χ0n) is 34.3. The third-order valence-corrected chi connectivity index (χ3v) is 12.9. The van der Waals surface area contributed by atoms with E-state index >= 15 is 0 Å². The number of aromatic nitrogens is 1. The monoisotopic (exact) mass is 781 g/mol. The number of likely N-dealkylation sites (N-methyl/N-ethyl adjacent to an activating group) is 2. The van der Waals surface area contributed by atoms with Gasteiger partial charge in [-0.25, -0.2) is 4.98 Å². The average Bonchev–Trinajstić information content (AvgIpc) is 3.65. The molecule has 13 heteroatoms. The fourth-order valence-electron chi connectivity index (χ4n) is 8.46. The molecule has 0 radical (unpaired) electrons. The predicted octanol–water partition coefficient (Wildman–Crippen LogP) is 6.10. The molecule has 2 N–H and O–H groups in total. The smallest absolute Gasteiger partial charge is 0.308 e. The van der Waals surface area contributed by atoms with Crippen LogP contribution in [0.2, 0.25) is 0 Å². The van der Waals surface area contributed by atoms with Crippen molar-refractivity contribution < 1.29 is 33.4 Å². The van der Waals surface area contributed by atoms with Gasteiger partial charge in [-0.1, -0.05) is 71.4 Å².